The number of hydrogen-bond donors (Lipinski definition) is 1. The molecule has 1 fully saturated rings. The summed E-state index contributed by atoms with van der Waals surface area (Å²) in [4.78, 5) is 9.29. The number of nitrogens with zero attached hydrogens (tertiary/aromatic N) is 2. The van der Waals surface area contributed by atoms with E-state index in [0.717, 1.165) is 42.9 Å². The first-order valence-electron chi connectivity index (χ1n) is 8.23. The fourth-order valence-corrected chi connectivity index (χ4v) is 3.15. The summed E-state index contributed by atoms with van der Waals surface area (Å²) in [5, 5.41) is 3.41. The lowest BCUT2D eigenvalue weighted by atomic mass is 9.77. The van der Waals surface area contributed by atoms with Gasteiger partial charge in [0.2, 0.25) is 0 Å². The summed E-state index contributed by atoms with van der Waals surface area (Å²) in [6.07, 6.45) is 8.29. The van der Waals surface area contributed by atoms with Gasteiger partial charge in [0.25, 0.3) is 0 Å². The molecule has 0 bridgehead atoms. The van der Waals surface area contributed by atoms with E-state index >= 15 is 0 Å². The zero-order valence-electron chi connectivity index (χ0n) is 13.2. The molecule has 3 heteroatoms. The Bertz CT molecular complexity index is 395. The SMILES string of the molecule is CCCNCc1ccnc(C2CCC(C(C)C)CC2)n1. The van der Waals surface area contributed by atoms with Crippen molar-refractivity contribution in [1.29, 1.82) is 0 Å². The van der Waals surface area contributed by atoms with Gasteiger partial charge in [0.1, 0.15) is 5.82 Å². The van der Waals surface area contributed by atoms with Crippen molar-refractivity contribution < 1.29 is 0 Å². The van der Waals surface area contributed by atoms with E-state index in [-0.39, 0.29) is 0 Å². The molecule has 0 aliphatic heterocycles. The van der Waals surface area contributed by atoms with Crippen molar-refractivity contribution in [2.75, 3.05) is 6.54 Å². The summed E-state index contributed by atoms with van der Waals surface area (Å²) in [6, 6.07) is 2.03. The summed E-state index contributed by atoms with van der Waals surface area (Å²) < 4.78 is 0. The number of aromatic nitrogens is 2. The first kappa shape index (κ1) is 15.4. The van der Waals surface area contributed by atoms with Gasteiger partial charge in [-0.3, -0.25) is 0 Å². The van der Waals surface area contributed by atoms with Gasteiger partial charge in [0.05, 0.1) is 5.69 Å². The lowest BCUT2D eigenvalue weighted by Gasteiger charge is -2.30. The van der Waals surface area contributed by atoms with Crippen molar-refractivity contribution in [3.8, 4) is 0 Å². The maximum absolute atomic E-state index is 4.76. The van der Waals surface area contributed by atoms with Gasteiger partial charge in [-0.1, -0.05) is 20.8 Å². The van der Waals surface area contributed by atoms with Crippen LogP contribution in [0.15, 0.2) is 12.3 Å². The minimum Gasteiger partial charge on any atom is -0.311 e. The van der Waals surface area contributed by atoms with Crippen molar-refractivity contribution in [3.63, 3.8) is 0 Å². The second-order valence-electron chi connectivity index (χ2n) is 6.44. The van der Waals surface area contributed by atoms with Crippen LogP contribution in [0.1, 0.15) is 70.3 Å². The van der Waals surface area contributed by atoms with Crippen molar-refractivity contribution in [2.45, 2.75) is 65.3 Å². The molecular weight excluding hydrogens is 246 g/mol. The summed E-state index contributed by atoms with van der Waals surface area (Å²) in [5.74, 6) is 3.38. The van der Waals surface area contributed by atoms with Crippen LogP contribution in [0, 0.1) is 11.8 Å². The Labute approximate surface area is 123 Å². The Morgan fingerprint density at radius 3 is 2.65 bits per heavy atom. The molecule has 1 N–H and O–H groups in total. The molecule has 1 aromatic rings. The molecule has 1 aliphatic carbocycles. The van der Waals surface area contributed by atoms with Crippen LogP contribution in [-0.2, 0) is 6.54 Å². The molecule has 3 nitrogen and oxygen atoms in total. The third-order valence-corrected chi connectivity index (χ3v) is 4.54. The van der Waals surface area contributed by atoms with Crippen molar-refractivity contribution in [3.05, 3.63) is 23.8 Å². The van der Waals surface area contributed by atoms with Crippen LogP contribution in [-0.4, -0.2) is 16.5 Å². The van der Waals surface area contributed by atoms with E-state index in [1.165, 1.54) is 25.7 Å². The molecule has 0 aromatic carbocycles. The summed E-state index contributed by atoms with van der Waals surface area (Å²) in [6.45, 7) is 8.80. The molecule has 0 amide bonds. The molecule has 1 saturated carbocycles. The van der Waals surface area contributed by atoms with Crippen molar-refractivity contribution >= 4 is 0 Å². The summed E-state index contributed by atoms with van der Waals surface area (Å²) in [7, 11) is 0. The lowest BCUT2D eigenvalue weighted by molar-refractivity contribution is 0.254. The molecule has 1 aromatic heterocycles. The van der Waals surface area contributed by atoms with Gasteiger partial charge in [-0.15, -0.1) is 0 Å². The second kappa shape index (κ2) is 7.72. The van der Waals surface area contributed by atoms with Gasteiger partial charge in [0.15, 0.2) is 0 Å². The lowest BCUT2D eigenvalue weighted by Crippen LogP contribution is -2.20. The fourth-order valence-electron chi connectivity index (χ4n) is 3.15. The van der Waals surface area contributed by atoms with E-state index in [1.54, 1.807) is 0 Å². The van der Waals surface area contributed by atoms with Crippen LogP contribution in [0.25, 0.3) is 0 Å². The normalized spacial score (nSPS) is 23.2. The average molecular weight is 275 g/mol. The van der Waals surface area contributed by atoms with E-state index in [1.807, 2.05) is 12.3 Å². The average Bonchev–Trinajstić information content (AvgIpc) is 2.48. The molecule has 0 spiro atoms. The van der Waals surface area contributed by atoms with Gasteiger partial charge in [-0.25, -0.2) is 9.97 Å². The van der Waals surface area contributed by atoms with E-state index in [9.17, 15) is 0 Å². The second-order valence-corrected chi connectivity index (χ2v) is 6.44. The molecule has 112 valence electrons. The van der Waals surface area contributed by atoms with E-state index in [2.05, 4.69) is 31.1 Å². The van der Waals surface area contributed by atoms with Crippen LogP contribution in [0.5, 0.6) is 0 Å². The number of rotatable bonds is 6. The third kappa shape index (κ3) is 4.27. The topological polar surface area (TPSA) is 37.8 Å². The van der Waals surface area contributed by atoms with Gasteiger partial charge in [0, 0.05) is 18.7 Å². The fraction of sp³-hybridized carbons (Fsp3) is 0.765. The zero-order chi connectivity index (χ0) is 14.4. The Balaban J connectivity index is 1.91. The van der Waals surface area contributed by atoms with Crippen LogP contribution in [0.2, 0.25) is 0 Å². The van der Waals surface area contributed by atoms with Gasteiger partial charge in [-0.05, 0) is 56.6 Å². The highest BCUT2D eigenvalue weighted by Gasteiger charge is 2.25. The maximum Gasteiger partial charge on any atom is 0.131 e. The van der Waals surface area contributed by atoms with Crippen LogP contribution in [0.3, 0.4) is 0 Å². The van der Waals surface area contributed by atoms with Crippen molar-refractivity contribution in [1.82, 2.24) is 15.3 Å². The smallest absolute Gasteiger partial charge is 0.131 e. The highest BCUT2D eigenvalue weighted by molar-refractivity contribution is 5.06. The summed E-state index contributed by atoms with van der Waals surface area (Å²) >= 11 is 0. The highest BCUT2D eigenvalue weighted by Crippen LogP contribution is 2.37. The number of hydrogen-bond acceptors (Lipinski definition) is 3. The van der Waals surface area contributed by atoms with Crippen LogP contribution in [0.4, 0.5) is 0 Å². The molecular formula is C17H29N3. The largest absolute Gasteiger partial charge is 0.311 e. The Morgan fingerprint density at radius 2 is 2.00 bits per heavy atom. The quantitative estimate of drug-likeness (QED) is 0.800. The predicted molar refractivity (Wildman–Crippen MR) is 83.6 cm³/mol. The third-order valence-electron chi connectivity index (χ3n) is 4.54. The van der Waals surface area contributed by atoms with Gasteiger partial charge >= 0.3 is 0 Å². The van der Waals surface area contributed by atoms with Gasteiger partial charge in [-0.2, -0.15) is 0 Å². The first-order valence-corrected chi connectivity index (χ1v) is 8.23. The zero-order valence-corrected chi connectivity index (χ0v) is 13.2. The molecule has 0 saturated heterocycles. The number of nitrogens with one attached hydrogen (secondary N) is 1. The monoisotopic (exact) mass is 275 g/mol. The minimum atomic E-state index is 0.580. The molecule has 20 heavy (non-hydrogen) atoms. The molecule has 2 rings (SSSR count). The van der Waals surface area contributed by atoms with Crippen LogP contribution < -0.4 is 5.32 Å². The summed E-state index contributed by atoms with van der Waals surface area (Å²) in [5.41, 5.74) is 1.13. The maximum atomic E-state index is 4.76. The minimum absolute atomic E-state index is 0.580. The highest BCUT2D eigenvalue weighted by atomic mass is 14.9. The molecule has 1 aliphatic rings. The first-order chi connectivity index (χ1) is 9.70. The molecule has 1 heterocycles. The Hall–Kier alpha value is -0.960. The van der Waals surface area contributed by atoms with Crippen molar-refractivity contribution in [2.24, 2.45) is 11.8 Å². The molecule has 0 atom stereocenters. The molecule has 0 radical (unpaired) electrons. The standard InChI is InChI=1S/C17H29N3/c1-4-10-18-12-16-9-11-19-17(20-16)15-7-5-14(6-8-15)13(2)3/h9,11,13-15,18H,4-8,10,12H2,1-3H3. The van der Waals surface area contributed by atoms with E-state index < -0.39 is 0 Å². The van der Waals surface area contributed by atoms with Gasteiger partial charge < -0.3 is 5.32 Å². The van der Waals surface area contributed by atoms with E-state index in [4.69, 9.17) is 4.98 Å². The molecule has 0 unspecified atom stereocenters. The van der Waals surface area contributed by atoms with Crippen LogP contribution >= 0.6 is 0 Å². The Morgan fingerprint density at radius 1 is 1.25 bits per heavy atom. The predicted octanol–water partition coefficient (Wildman–Crippen LogP) is 3.91. The Kier molecular flexibility index (Phi) is 5.96. The van der Waals surface area contributed by atoms with E-state index in [0.29, 0.717) is 5.92 Å².